The molecule has 1 unspecified atom stereocenters. The van der Waals surface area contributed by atoms with Crippen molar-refractivity contribution in [1.29, 1.82) is 0 Å². The molecule has 2 aliphatic carbocycles. The molecular weight excluding hydrogens is 226 g/mol. The van der Waals surface area contributed by atoms with E-state index in [0.29, 0.717) is 41.7 Å². The number of nitrogens with two attached hydrogens (primary N) is 1. The first-order valence-electron chi connectivity index (χ1n) is 6.02. The van der Waals surface area contributed by atoms with Crippen LogP contribution in [-0.2, 0) is 9.84 Å². The molecule has 3 N–H and O–H groups in total. The van der Waals surface area contributed by atoms with Gasteiger partial charge in [0, 0.05) is 18.6 Å². The molecule has 3 aliphatic rings. The first-order valence-corrected chi connectivity index (χ1v) is 7.84. The van der Waals surface area contributed by atoms with Gasteiger partial charge in [-0.25, -0.2) is 8.42 Å². The van der Waals surface area contributed by atoms with Gasteiger partial charge in [0.15, 0.2) is 9.84 Å². The maximum atomic E-state index is 11.5. The lowest BCUT2D eigenvalue weighted by Crippen LogP contribution is -2.42. The van der Waals surface area contributed by atoms with Crippen LogP contribution in [0.2, 0.25) is 0 Å². The van der Waals surface area contributed by atoms with Gasteiger partial charge in [-0.15, -0.1) is 0 Å². The van der Waals surface area contributed by atoms with Crippen LogP contribution in [0, 0.1) is 29.1 Å². The fourth-order valence-electron chi connectivity index (χ4n) is 4.32. The maximum absolute atomic E-state index is 11.5. The Hall–Kier alpha value is -0.130. The molecule has 2 saturated carbocycles. The van der Waals surface area contributed by atoms with E-state index in [1.807, 2.05) is 0 Å². The molecule has 0 aromatic rings. The highest BCUT2D eigenvalue weighted by atomic mass is 32.2. The van der Waals surface area contributed by atoms with E-state index in [1.54, 1.807) is 0 Å². The minimum absolute atomic E-state index is 0.108. The Bertz CT molecular complexity index is 373. The smallest absolute Gasteiger partial charge is 0.150 e. The Balaban J connectivity index is 1.80. The van der Waals surface area contributed by atoms with Crippen molar-refractivity contribution < 1.29 is 13.5 Å². The summed E-state index contributed by atoms with van der Waals surface area (Å²) in [4.78, 5) is 0. The number of hydrogen-bond acceptors (Lipinski definition) is 4. The molecule has 0 aromatic carbocycles. The average Bonchev–Trinajstić information content (AvgIpc) is 2.73. The summed E-state index contributed by atoms with van der Waals surface area (Å²) in [5.41, 5.74) is 5.65. The summed E-state index contributed by atoms with van der Waals surface area (Å²) in [6, 6.07) is 0. The number of aliphatic hydroxyl groups is 1. The van der Waals surface area contributed by atoms with Gasteiger partial charge >= 0.3 is 0 Å². The minimum Gasteiger partial charge on any atom is -0.396 e. The van der Waals surface area contributed by atoms with Crippen molar-refractivity contribution in [3.63, 3.8) is 0 Å². The zero-order chi connectivity index (χ0) is 11.6. The quantitative estimate of drug-likeness (QED) is 0.695. The van der Waals surface area contributed by atoms with Gasteiger partial charge in [-0.3, -0.25) is 0 Å². The highest BCUT2D eigenvalue weighted by molar-refractivity contribution is 7.91. The highest BCUT2D eigenvalue weighted by Gasteiger charge is 2.63. The van der Waals surface area contributed by atoms with Gasteiger partial charge in [-0.2, -0.15) is 0 Å². The lowest BCUT2D eigenvalue weighted by Gasteiger charge is -2.44. The van der Waals surface area contributed by atoms with Crippen LogP contribution in [0.3, 0.4) is 0 Å². The molecule has 5 heteroatoms. The summed E-state index contributed by atoms with van der Waals surface area (Å²) >= 11 is 0. The second-order valence-corrected chi connectivity index (χ2v) is 8.16. The molecular formula is C11H19NO3S. The van der Waals surface area contributed by atoms with Gasteiger partial charge in [0.1, 0.15) is 0 Å². The van der Waals surface area contributed by atoms with E-state index in [9.17, 15) is 13.5 Å². The summed E-state index contributed by atoms with van der Waals surface area (Å²) < 4.78 is 23.1. The molecule has 16 heavy (non-hydrogen) atoms. The third-order valence-corrected chi connectivity index (χ3v) is 6.98. The van der Waals surface area contributed by atoms with Gasteiger partial charge in [-0.05, 0) is 36.5 Å². The molecule has 4 nitrogen and oxygen atoms in total. The number of rotatable bonds is 2. The van der Waals surface area contributed by atoms with Gasteiger partial charge < -0.3 is 10.8 Å². The lowest BCUT2D eigenvalue weighted by atomic mass is 9.60. The fraction of sp³-hybridized carbons (Fsp3) is 1.00. The average molecular weight is 245 g/mol. The van der Waals surface area contributed by atoms with Crippen molar-refractivity contribution >= 4 is 9.84 Å². The summed E-state index contributed by atoms with van der Waals surface area (Å²) in [6.07, 6.45) is 1.86. The molecule has 0 radical (unpaired) electrons. The standard InChI is InChI=1S/C11H19NO3S/c12-5-11(6-13)1-7-8(2-11)10-4-16(14,15)3-9(7)10/h7-10,13H,1-6,12H2/t7-,8+,9-,10-,11?/m0/s1. The topological polar surface area (TPSA) is 80.4 Å². The Kier molecular flexibility index (Phi) is 2.20. The Morgan fingerprint density at radius 1 is 1.12 bits per heavy atom. The number of hydrogen-bond donors (Lipinski definition) is 2. The van der Waals surface area contributed by atoms with Crippen LogP contribution in [0.1, 0.15) is 12.8 Å². The van der Waals surface area contributed by atoms with E-state index in [0.717, 1.165) is 12.8 Å². The molecule has 0 aromatic heterocycles. The first kappa shape index (κ1) is 11.0. The summed E-state index contributed by atoms with van der Waals surface area (Å²) in [5, 5.41) is 9.45. The second-order valence-electron chi connectivity index (χ2n) is 6.00. The van der Waals surface area contributed by atoms with Crippen LogP contribution >= 0.6 is 0 Å². The fourth-order valence-corrected chi connectivity index (χ4v) is 6.62. The normalized spacial score (nSPS) is 53.1. The van der Waals surface area contributed by atoms with Crippen molar-refractivity contribution in [3.8, 4) is 0 Å². The van der Waals surface area contributed by atoms with Crippen molar-refractivity contribution in [2.45, 2.75) is 12.8 Å². The van der Waals surface area contributed by atoms with E-state index >= 15 is 0 Å². The van der Waals surface area contributed by atoms with Gasteiger partial charge in [0.2, 0.25) is 0 Å². The molecule has 0 bridgehead atoms. The van der Waals surface area contributed by atoms with E-state index in [-0.39, 0.29) is 12.0 Å². The number of fused-ring (bicyclic) bond motifs is 4. The maximum Gasteiger partial charge on any atom is 0.150 e. The SMILES string of the molecule is NCC1(CO)C[C@@H]2[C@H](C1)[C@@H]1CS(=O)(=O)C[C@@H]21. The van der Waals surface area contributed by atoms with Gasteiger partial charge in [0.05, 0.1) is 11.5 Å². The monoisotopic (exact) mass is 245 g/mol. The summed E-state index contributed by atoms with van der Waals surface area (Å²) in [5.74, 6) is 2.52. The van der Waals surface area contributed by atoms with E-state index in [2.05, 4.69) is 0 Å². The van der Waals surface area contributed by atoms with Crippen LogP contribution in [0.25, 0.3) is 0 Å². The van der Waals surface area contributed by atoms with Crippen LogP contribution in [-0.4, -0.2) is 38.2 Å². The molecule has 0 spiro atoms. The number of aliphatic hydroxyl groups excluding tert-OH is 1. The minimum atomic E-state index is -2.77. The Labute approximate surface area is 96.1 Å². The Morgan fingerprint density at radius 2 is 1.62 bits per heavy atom. The molecule has 5 atom stereocenters. The van der Waals surface area contributed by atoms with Gasteiger partial charge in [0.25, 0.3) is 0 Å². The summed E-state index contributed by atoms with van der Waals surface area (Å²) in [7, 11) is -2.77. The van der Waals surface area contributed by atoms with Crippen LogP contribution in [0.5, 0.6) is 0 Å². The first-order chi connectivity index (χ1) is 7.50. The third-order valence-electron chi connectivity index (χ3n) is 5.20. The second kappa shape index (κ2) is 3.21. The largest absolute Gasteiger partial charge is 0.396 e. The van der Waals surface area contributed by atoms with Crippen molar-refractivity contribution in [1.82, 2.24) is 0 Å². The van der Waals surface area contributed by atoms with Crippen LogP contribution < -0.4 is 5.73 Å². The molecule has 1 aliphatic heterocycles. The van der Waals surface area contributed by atoms with Crippen LogP contribution in [0.15, 0.2) is 0 Å². The molecule has 3 rings (SSSR count). The van der Waals surface area contributed by atoms with E-state index in [1.165, 1.54) is 0 Å². The van der Waals surface area contributed by atoms with E-state index in [4.69, 9.17) is 5.73 Å². The molecule has 0 amide bonds. The summed E-state index contributed by atoms with van der Waals surface area (Å²) in [6.45, 7) is 0.686. The van der Waals surface area contributed by atoms with Crippen molar-refractivity contribution in [3.05, 3.63) is 0 Å². The van der Waals surface area contributed by atoms with Gasteiger partial charge in [-0.1, -0.05) is 0 Å². The number of sulfone groups is 1. The lowest BCUT2D eigenvalue weighted by molar-refractivity contribution is 0.0462. The zero-order valence-corrected chi connectivity index (χ0v) is 10.1. The predicted molar refractivity (Wildman–Crippen MR) is 60.4 cm³/mol. The molecule has 3 fully saturated rings. The van der Waals surface area contributed by atoms with Crippen molar-refractivity contribution in [2.24, 2.45) is 34.8 Å². The van der Waals surface area contributed by atoms with Crippen molar-refractivity contribution in [2.75, 3.05) is 24.7 Å². The zero-order valence-electron chi connectivity index (χ0n) is 9.30. The third kappa shape index (κ3) is 1.31. The Morgan fingerprint density at radius 3 is 2.00 bits per heavy atom. The van der Waals surface area contributed by atoms with E-state index < -0.39 is 9.84 Å². The molecule has 1 heterocycles. The predicted octanol–water partition coefficient (Wildman–Crippen LogP) is -0.376. The molecule has 92 valence electrons. The highest BCUT2D eigenvalue weighted by Crippen LogP contribution is 2.63. The van der Waals surface area contributed by atoms with Crippen LogP contribution in [0.4, 0.5) is 0 Å². The molecule has 1 saturated heterocycles.